The van der Waals surface area contributed by atoms with Crippen LogP contribution >= 0.6 is 11.8 Å². The number of fused-ring (bicyclic) bond motifs is 2. The molecular weight excluding hydrogens is 400 g/mol. The molecule has 2 aliphatic rings. The fourth-order valence-electron chi connectivity index (χ4n) is 4.25. The summed E-state index contributed by atoms with van der Waals surface area (Å²) >= 11 is 1.84. The number of thioether (sulfide) groups is 1. The summed E-state index contributed by atoms with van der Waals surface area (Å²) in [6.45, 7) is 1.07. The molecule has 0 radical (unpaired) electrons. The summed E-state index contributed by atoms with van der Waals surface area (Å²) in [4.78, 5) is 25.0. The fourth-order valence-corrected chi connectivity index (χ4v) is 4.84. The minimum absolute atomic E-state index is 0.0116. The second-order valence-electron chi connectivity index (χ2n) is 7.83. The third-order valence-electron chi connectivity index (χ3n) is 5.73. The average molecular weight is 429 g/mol. The minimum atomic E-state index is 0.0116. The summed E-state index contributed by atoms with van der Waals surface area (Å²) in [6, 6.07) is 0.344. The van der Waals surface area contributed by atoms with Crippen LogP contribution in [0.3, 0.4) is 0 Å². The van der Waals surface area contributed by atoms with E-state index in [9.17, 15) is 4.79 Å². The van der Waals surface area contributed by atoms with Crippen molar-refractivity contribution in [2.75, 3.05) is 30.4 Å². The predicted octanol–water partition coefficient (Wildman–Crippen LogP) is 2.24. The van der Waals surface area contributed by atoms with Gasteiger partial charge < -0.3 is 19.9 Å². The topological polar surface area (TPSA) is 94.0 Å². The second kappa shape index (κ2) is 9.67. The van der Waals surface area contributed by atoms with Gasteiger partial charge in [-0.25, -0.2) is 15.0 Å². The number of nitrogens with one attached hydrogen (secondary N) is 2. The maximum absolute atomic E-state index is 11.5. The first kappa shape index (κ1) is 20.9. The lowest BCUT2D eigenvalue weighted by Gasteiger charge is -2.14. The van der Waals surface area contributed by atoms with Crippen LogP contribution in [0.15, 0.2) is 12.7 Å². The van der Waals surface area contributed by atoms with Crippen molar-refractivity contribution >= 4 is 34.7 Å². The smallest absolute Gasteiger partial charge is 0.220 e. The number of carbonyl (C=O) groups excluding carboxylic acids is 1. The number of nitrogens with zero attached hydrogens (tertiary/aromatic N) is 4. The highest BCUT2D eigenvalue weighted by Crippen LogP contribution is 2.55. The number of aromatic nitrogens is 4. The van der Waals surface area contributed by atoms with E-state index in [4.69, 9.17) is 11.2 Å². The Morgan fingerprint density at radius 3 is 3.03 bits per heavy atom. The standard InChI is InChI=1S/C21H28N6O2S/c1-3-8-22-16(28)7-5-4-6-9-23-20-17-21(25-12-24-20)27(13-26-17)18-15-10-14(11-30-2)29-19(15)18/h1,12-15,18-19H,4-11H2,2H3,(H,22,28)(H,23,24,25)/t14-,15?,18?,19?/m0/s1. The van der Waals surface area contributed by atoms with Crippen molar-refractivity contribution < 1.29 is 9.53 Å². The zero-order valence-corrected chi connectivity index (χ0v) is 18.0. The van der Waals surface area contributed by atoms with Crippen LogP contribution in [-0.2, 0) is 9.53 Å². The number of hydrogen-bond donors (Lipinski definition) is 2. The van der Waals surface area contributed by atoms with Crippen LogP contribution in [0, 0.1) is 18.3 Å². The Balaban J connectivity index is 1.26. The lowest BCUT2D eigenvalue weighted by molar-refractivity contribution is -0.120. The molecular formula is C21H28N6O2S. The number of terminal acetylenes is 1. The SMILES string of the molecule is C#CCNC(=O)CCCCCNc1ncnc2c1ncn2C1C2C[C@@H](CSC)OC21. The van der Waals surface area contributed by atoms with Gasteiger partial charge in [0.25, 0.3) is 0 Å². The first-order valence-corrected chi connectivity index (χ1v) is 11.9. The Labute approximate surface area is 181 Å². The Hall–Kier alpha value is -2.31. The van der Waals surface area contributed by atoms with E-state index in [1.54, 1.807) is 6.33 Å². The number of unbranched alkanes of at least 4 members (excludes halogenated alkanes) is 2. The maximum Gasteiger partial charge on any atom is 0.220 e. The van der Waals surface area contributed by atoms with E-state index in [0.29, 0.717) is 37.1 Å². The van der Waals surface area contributed by atoms with Gasteiger partial charge in [-0.05, 0) is 25.5 Å². The van der Waals surface area contributed by atoms with E-state index < -0.39 is 0 Å². The van der Waals surface area contributed by atoms with Crippen LogP contribution in [0.1, 0.15) is 38.1 Å². The van der Waals surface area contributed by atoms with Crippen molar-refractivity contribution in [3.8, 4) is 12.3 Å². The maximum atomic E-state index is 11.5. The molecule has 9 heteroatoms. The van der Waals surface area contributed by atoms with Crippen molar-refractivity contribution in [1.82, 2.24) is 24.8 Å². The first-order valence-electron chi connectivity index (χ1n) is 10.5. The summed E-state index contributed by atoms with van der Waals surface area (Å²) in [5.41, 5.74) is 1.67. The van der Waals surface area contributed by atoms with Crippen LogP contribution in [0.4, 0.5) is 5.82 Å². The van der Waals surface area contributed by atoms with Crippen LogP contribution in [0.25, 0.3) is 11.2 Å². The number of ether oxygens (including phenoxy) is 1. The van der Waals surface area contributed by atoms with Gasteiger partial charge in [-0.15, -0.1) is 6.42 Å². The molecule has 2 aromatic rings. The molecule has 1 aliphatic heterocycles. The second-order valence-corrected chi connectivity index (χ2v) is 8.74. The molecule has 1 saturated heterocycles. The Kier molecular flexibility index (Phi) is 6.75. The largest absolute Gasteiger partial charge is 0.372 e. The van der Waals surface area contributed by atoms with Gasteiger partial charge in [0, 0.05) is 24.6 Å². The first-order chi connectivity index (χ1) is 14.7. The minimum Gasteiger partial charge on any atom is -0.372 e. The summed E-state index contributed by atoms with van der Waals surface area (Å²) in [5.74, 6) is 4.82. The zero-order chi connectivity index (χ0) is 20.9. The third-order valence-corrected chi connectivity index (χ3v) is 6.44. The molecule has 0 spiro atoms. The molecule has 0 bridgehead atoms. The van der Waals surface area contributed by atoms with Crippen LogP contribution in [0.5, 0.6) is 0 Å². The summed E-state index contributed by atoms with van der Waals surface area (Å²) in [7, 11) is 0. The van der Waals surface area contributed by atoms with Gasteiger partial charge in [0.05, 0.1) is 31.1 Å². The summed E-state index contributed by atoms with van der Waals surface area (Å²) < 4.78 is 8.32. The highest BCUT2D eigenvalue weighted by atomic mass is 32.2. The van der Waals surface area contributed by atoms with E-state index in [-0.39, 0.29) is 5.91 Å². The molecule has 4 atom stereocenters. The molecule has 8 nitrogen and oxygen atoms in total. The number of anilines is 1. The zero-order valence-electron chi connectivity index (χ0n) is 17.2. The van der Waals surface area contributed by atoms with E-state index in [1.165, 1.54) is 0 Å². The monoisotopic (exact) mass is 428 g/mol. The van der Waals surface area contributed by atoms with E-state index in [1.807, 2.05) is 18.1 Å². The van der Waals surface area contributed by atoms with Crippen molar-refractivity contribution in [2.45, 2.75) is 50.4 Å². The van der Waals surface area contributed by atoms with Gasteiger partial charge in [0.15, 0.2) is 11.5 Å². The third kappa shape index (κ3) is 4.55. The van der Waals surface area contributed by atoms with Crippen molar-refractivity contribution in [3.05, 3.63) is 12.7 Å². The number of amides is 1. The molecule has 2 aromatic heterocycles. The Bertz CT molecular complexity index is 914. The van der Waals surface area contributed by atoms with Crippen molar-refractivity contribution in [1.29, 1.82) is 0 Å². The molecule has 3 heterocycles. The molecule has 3 unspecified atom stereocenters. The van der Waals surface area contributed by atoms with Crippen LogP contribution in [-0.4, -0.2) is 62.7 Å². The normalized spacial score (nSPS) is 24.4. The molecule has 30 heavy (non-hydrogen) atoms. The number of hydrogen-bond acceptors (Lipinski definition) is 7. The summed E-state index contributed by atoms with van der Waals surface area (Å²) in [6.07, 6.45) is 15.8. The van der Waals surface area contributed by atoms with Gasteiger partial charge in [-0.1, -0.05) is 12.3 Å². The Morgan fingerprint density at radius 1 is 1.37 bits per heavy atom. The predicted molar refractivity (Wildman–Crippen MR) is 118 cm³/mol. The van der Waals surface area contributed by atoms with Crippen LogP contribution < -0.4 is 10.6 Å². The molecule has 1 aliphatic carbocycles. The van der Waals surface area contributed by atoms with E-state index >= 15 is 0 Å². The average Bonchev–Trinajstić information content (AvgIpc) is 3.09. The van der Waals surface area contributed by atoms with Crippen LogP contribution in [0.2, 0.25) is 0 Å². The molecule has 4 rings (SSSR count). The molecule has 160 valence electrons. The lowest BCUT2D eigenvalue weighted by atomic mass is 10.2. The highest BCUT2D eigenvalue weighted by Gasteiger charge is 2.59. The lowest BCUT2D eigenvalue weighted by Crippen LogP contribution is -2.22. The molecule has 1 amide bonds. The van der Waals surface area contributed by atoms with E-state index in [0.717, 1.165) is 55.0 Å². The van der Waals surface area contributed by atoms with Gasteiger partial charge in [-0.3, -0.25) is 4.79 Å². The number of imidazole rings is 1. The fraction of sp³-hybridized carbons (Fsp3) is 0.619. The van der Waals surface area contributed by atoms with Gasteiger partial charge >= 0.3 is 0 Å². The van der Waals surface area contributed by atoms with Gasteiger partial charge in [0.1, 0.15) is 11.8 Å². The number of rotatable bonds is 11. The quantitative estimate of drug-likeness (QED) is 0.419. The molecule has 1 saturated carbocycles. The Morgan fingerprint density at radius 2 is 2.27 bits per heavy atom. The van der Waals surface area contributed by atoms with E-state index in [2.05, 4.69) is 42.3 Å². The summed E-state index contributed by atoms with van der Waals surface area (Å²) in [5, 5.41) is 6.05. The number of carbonyl (C=O) groups is 1. The molecule has 0 aromatic carbocycles. The van der Waals surface area contributed by atoms with Gasteiger partial charge in [-0.2, -0.15) is 11.8 Å². The van der Waals surface area contributed by atoms with Gasteiger partial charge in [0.2, 0.25) is 5.91 Å². The highest BCUT2D eigenvalue weighted by molar-refractivity contribution is 7.98. The molecule has 2 N–H and O–H groups in total. The van der Waals surface area contributed by atoms with Crippen molar-refractivity contribution in [2.24, 2.45) is 5.92 Å². The molecule has 2 fully saturated rings. The van der Waals surface area contributed by atoms with Crippen molar-refractivity contribution in [3.63, 3.8) is 0 Å².